The Morgan fingerprint density at radius 1 is 1.08 bits per heavy atom. The molecule has 26 heavy (non-hydrogen) atoms. The standard InChI is InChI=1S/C16H18BrNO7S/c1-8(19)22-12-7-26-16(25-11-4-5-18-13(17)6-11)15(24-10(3)21)14(12)23-9(2)20/h4-6,12,14-16H,7H2,1-3H3/t12-,14+,15-,16+/m1/s1. The molecule has 142 valence electrons. The van der Waals surface area contributed by atoms with Crippen LogP contribution in [0, 0.1) is 0 Å². The topological polar surface area (TPSA) is 101 Å². The Labute approximate surface area is 163 Å². The molecular formula is C16H18BrNO7S. The van der Waals surface area contributed by atoms with Crippen molar-refractivity contribution in [1.29, 1.82) is 0 Å². The first-order valence-electron chi connectivity index (χ1n) is 7.67. The highest BCUT2D eigenvalue weighted by Crippen LogP contribution is 2.34. The van der Waals surface area contributed by atoms with Crippen LogP contribution in [0.25, 0.3) is 0 Å². The number of halogens is 1. The lowest BCUT2D eigenvalue weighted by atomic mass is 10.1. The van der Waals surface area contributed by atoms with E-state index in [4.69, 9.17) is 18.9 Å². The van der Waals surface area contributed by atoms with Gasteiger partial charge in [-0.2, -0.15) is 0 Å². The molecule has 0 spiro atoms. The van der Waals surface area contributed by atoms with Crippen molar-refractivity contribution < 1.29 is 33.3 Å². The highest BCUT2D eigenvalue weighted by molar-refractivity contribution is 9.10. The van der Waals surface area contributed by atoms with Crippen LogP contribution >= 0.6 is 27.7 Å². The van der Waals surface area contributed by atoms with Crippen LogP contribution in [0.2, 0.25) is 0 Å². The van der Waals surface area contributed by atoms with E-state index < -0.39 is 41.7 Å². The van der Waals surface area contributed by atoms with E-state index in [2.05, 4.69) is 20.9 Å². The molecule has 0 bridgehead atoms. The summed E-state index contributed by atoms with van der Waals surface area (Å²) in [5.41, 5.74) is -0.663. The number of hydrogen-bond acceptors (Lipinski definition) is 9. The Morgan fingerprint density at radius 3 is 2.27 bits per heavy atom. The van der Waals surface area contributed by atoms with E-state index in [9.17, 15) is 14.4 Å². The quantitative estimate of drug-likeness (QED) is 0.381. The zero-order valence-corrected chi connectivity index (χ0v) is 16.7. The number of esters is 3. The van der Waals surface area contributed by atoms with Crippen LogP contribution in [0.4, 0.5) is 0 Å². The van der Waals surface area contributed by atoms with Gasteiger partial charge in [0.2, 0.25) is 0 Å². The highest BCUT2D eigenvalue weighted by atomic mass is 79.9. The van der Waals surface area contributed by atoms with Crippen LogP contribution in [-0.4, -0.2) is 52.4 Å². The molecule has 4 atom stereocenters. The molecule has 1 aliphatic heterocycles. The Kier molecular flexibility index (Phi) is 7.27. The smallest absolute Gasteiger partial charge is 0.303 e. The van der Waals surface area contributed by atoms with Gasteiger partial charge in [0.15, 0.2) is 23.7 Å². The monoisotopic (exact) mass is 447 g/mol. The van der Waals surface area contributed by atoms with Gasteiger partial charge in [-0.3, -0.25) is 14.4 Å². The summed E-state index contributed by atoms with van der Waals surface area (Å²) in [5, 5.41) is 0. The van der Waals surface area contributed by atoms with Gasteiger partial charge in [-0.05, 0) is 22.0 Å². The van der Waals surface area contributed by atoms with Gasteiger partial charge in [-0.25, -0.2) is 4.98 Å². The molecule has 1 aromatic heterocycles. The second kappa shape index (κ2) is 9.22. The zero-order chi connectivity index (χ0) is 19.3. The van der Waals surface area contributed by atoms with Gasteiger partial charge >= 0.3 is 17.9 Å². The summed E-state index contributed by atoms with van der Waals surface area (Å²) >= 11 is 4.54. The molecule has 0 aromatic carbocycles. The van der Waals surface area contributed by atoms with Crippen molar-refractivity contribution >= 4 is 45.6 Å². The van der Waals surface area contributed by atoms with Gasteiger partial charge in [0, 0.05) is 38.8 Å². The third kappa shape index (κ3) is 5.87. The molecule has 0 saturated carbocycles. The van der Waals surface area contributed by atoms with Crippen molar-refractivity contribution in [3.8, 4) is 5.75 Å². The number of carbonyl (C=O) groups is 3. The Hall–Kier alpha value is -1.81. The zero-order valence-electron chi connectivity index (χ0n) is 14.3. The molecular weight excluding hydrogens is 430 g/mol. The molecule has 0 unspecified atom stereocenters. The average molecular weight is 448 g/mol. The van der Waals surface area contributed by atoms with E-state index in [1.807, 2.05) is 0 Å². The lowest BCUT2D eigenvalue weighted by molar-refractivity contribution is -0.186. The largest absolute Gasteiger partial charge is 0.476 e. The molecule has 1 aromatic rings. The van der Waals surface area contributed by atoms with Crippen LogP contribution in [0.15, 0.2) is 22.9 Å². The summed E-state index contributed by atoms with van der Waals surface area (Å²) in [7, 11) is 0. The minimum absolute atomic E-state index is 0.312. The van der Waals surface area contributed by atoms with E-state index in [1.165, 1.54) is 32.5 Å². The second-order valence-corrected chi connectivity index (χ2v) is 7.37. The van der Waals surface area contributed by atoms with Crippen molar-refractivity contribution in [3.63, 3.8) is 0 Å². The summed E-state index contributed by atoms with van der Waals surface area (Å²) in [6.07, 6.45) is -1.13. The molecule has 2 rings (SSSR count). The van der Waals surface area contributed by atoms with Crippen molar-refractivity contribution in [2.24, 2.45) is 0 Å². The summed E-state index contributed by atoms with van der Waals surface area (Å²) < 4.78 is 22.4. The number of aromatic nitrogens is 1. The molecule has 1 saturated heterocycles. The minimum Gasteiger partial charge on any atom is -0.476 e. The van der Waals surface area contributed by atoms with E-state index in [1.54, 1.807) is 18.3 Å². The molecule has 1 fully saturated rings. The van der Waals surface area contributed by atoms with E-state index >= 15 is 0 Å². The summed E-state index contributed by atoms with van der Waals surface area (Å²) in [4.78, 5) is 38.5. The van der Waals surface area contributed by atoms with Crippen LogP contribution in [0.5, 0.6) is 5.75 Å². The van der Waals surface area contributed by atoms with Crippen molar-refractivity contribution in [1.82, 2.24) is 4.98 Å². The third-order valence-electron chi connectivity index (χ3n) is 3.25. The van der Waals surface area contributed by atoms with Crippen molar-refractivity contribution in [2.75, 3.05) is 5.75 Å². The Morgan fingerprint density at radius 2 is 1.69 bits per heavy atom. The van der Waals surface area contributed by atoms with Gasteiger partial charge in [0.05, 0.1) is 0 Å². The minimum atomic E-state index is -0.975. The molecule has 0 amide bonds. The van der Waals surface area contributed by atoms with Gasteiger partial charge in [-0.1, -0.05) is 0 Å². The first kappa shape index (κ1) is 20.5. The molecule has 1 aliphatic rings. The number of carbonyl (C=O) groups excluding carboxylic acids is 3. The number of rotatable bonds is 5. The average Bonchev–Trinajstić information content (AvgIpc) is 2.51. The van der Waals surface area contributed by atoms with Crippen molar-refractivity contribution in [3.05, 3.63) is 22.9 Å². The molecule has 8 nitrogen and oxygen atoms in total. The predicted molar refractivity (Wildman–Crippen MR) is 95.5 cm³/mol. The van der Waals surface area contributed by atoms with Crippen LogP contribution in [-0.2, 0) is 28.6 Å². The van der Waals surface area contributed by atoms with Crippen molar-refractivity contribution in [2.45, 2.75) is 44.5 Å². The summed E-state index contributed by atoms with van der Waals surface area (Å²) in [6.45, 7) is 3.73. The Balaban J connectivity index is 2.27. The third-order valence-corrected chi connectivity index (χ3v) is 4.90. The number of nitrogens with zero attached hydrogens (tertiary/aromatic N) is 1. The first-order valence-corrected chi connectivity index (χ1v) is 9.52. The van der Waals surface area contributed by atoms with E-state index in [0.29, 0.717) is 16.1 Å². The molecule has 2 heterocycles. The second-order valence-electron chi connectivity index (χ2n) is 5.43. The summed E-state index contributed by atoms with van der Waals surface area (Å²) in [5.74, 6) is -0.866. The number of ether oxygens (including phenoxy) is 4. The van der Waals surface area contributed by atoms with Gasteiger partial charge in [0.1, 0.15) is 10.4 Å². The lowest BCUT2D eigenvalue weighted by Gasteiger charge is -2.39. The molecule has 0 N–H and O–H groups in total. The van der Waals surface area contributed by atoms with Crippen LogP contribution < -0.4 is 4.74 Å². The van der Waals surface area contributed by atoms with E-state index in [-0.39, 0.29) is 0 Å². The number of pyridine rings is 1. The normalized spacial score (nSPS) is 25.1. The maximum atomic E-state index is 11.6. The van der Waals surface area contributed by atoms with Crippen LogP contribution in [0.3, 0.4) is 0 Å². The predicted octanol–water partition coefficient (Wildman–Crippen LogP) is 2.09. The summed E-state index contributed by atoms with van der Waals surface area (Å²) in [6, 6.07) is 3.31. The maximum absolute atomic E-state index is 11.6. The van der Waals surface area contributed by atoms with Crippen LogP contribution in [0.1, 0.15) is 20.8 Å². The molecule has 10 heteroatoms. The highest BCUT2D eigenvalue weighted by Gasteiger charge is 2.47. The first-order chi connectivity index (χ1) is 12.3. The fourth-order valence-corrected chi connectivity index (χ4v) is 3.96. The maximum Gasteiger partial charge on any atom is 0.303 e. The molecule has 0 aliphatic carbocycles. The fourth-order valence-electron chi connectivity index (χ4n) is 2.40. The Bertz CT molecular complexity index is 686. The van der Waals surface area contributed by atoms with E-state index in [0.717, 1.165) is 0 Å². The number of hydrogen-bond donors (Lipinski definition) is 0. The van der Waals surface area contributed by atoms with Gasteiger partial charge < -0.3 is 18.9 Å². The van der Waals surface area contributed by atoms with Gasteiger partial charge in [-0.15, -0.1) is 11.8 Å². The lowest BCUT2D eigenvalue weighted by Crippen LogP contribution is -2.55. The fraction of sp³-hybridized carbons (Fsp3) is 0.500. The van der Waals surface area contributed by atoms with Gasteiger partial charge in [0.25, 0.3) is 0 Å². The molecule has 0 radical (unpaired) electrons. The number of thioether (sulfide) groups is 1. The SMILES string of the molecule is CC(=O)O[C@@H]1[C@@H](OC(C)=O)[C@@H](Oc2ccnc(Br)c2)SC[C@H]1OC(C)=O.